The second-order valence-electron chi connectivity index (χ2n) is 4.06. The summed E-state index contributed by atoms with van der Waals surface area (Å²) < 4.78 is 5.52. The van der Waals surface area contributed by atoms with Gasteiger partial charge in [-0.3, -0.25) is 15.0 Å². The molecule has 0 aromatic carbocycles. The van der Waals surface area contributed by atoms with Crippen LogP contribution in [-0.2, 0) is 14.3 Å². The monoisotopic (exact) mass is 277 g/mol. The Morgan fingerprint density at radius 1 is 1.53 bits per heavy atom. The van der Waals surface area contributed by atoms with Gasteiger partial charge in [0.1, 0.15) is 5.50 Å². The summed E-state index contributed by atoms with van der Waals surface area (Å²) in [5.74, 6) is -0.459. The van der Waals surface area contributed by atoms with E-state index in [0.717, 1.165) is 12.2 Å². The number of carbonyl (C=O) groups excluding carboxylic acids is 2. The maximum Gasteiger partial charge on any atom is 0.323 e. The molecular weight excluding hydrogens is 262 g/mol. The van der Waals surface area contributed by atoms with Crippen LogP contribution in [0.1, 0.15) is 6.42 Å². The Morgan fingerprint density at radius 3 is 2.94 bits per heavy atom. The Balaban J connectivity index is 1.78. The molecule has 2 aliphatic heterocycles. The first-order valence-electron chi connectivity index (χ1n) is 5.32. The van der Waals surface area contributed by atoms with E-state index in [4.69, 9.17) is 4.74 Å². The summed E-state index contributed by atoms with van der Waals surface area (Å²) in [5, 5.41) is 4.50. The van der Waals surface area contributed by atoms with Gasteiger partial charge < -0.3 is 10.1 Å². The molecule has 0 aromatic heterocycles. The molecule has 0 radical (unpaired) electrons. The molecule has 1 unspecified atom stereocenters. The Kier molecular flexibility index (Phi) is 4.18. The predicted octanol–water partition coefficient (Wildman–Crippen LogP) is -0.817. The topological polar surface area (TPSA) is 70.7 Å². The first-order valence-corrected chi connectivity index (χ1v) is 6.88. The fraction of sp³-hybridized carbons (Fsp3) is 0.778. The number of thioether (sulfide) groups is 1. The summed E-state index contributed by atoms with van der Waals surface area (Å²) in [6, 6.07) is 0. The molecule has 2 amide bonds. The zero-order valence-corrected chi connectivity index (χ0v) is 11.1. The van der Waals surface area contributed by atoms with Crippen LogP contribution >= 0.6 is 24.4 Å². The van der Waals surface area contributed by atoms with Crippen molar-refractivity contribution in [3.63, 3.8) is 0 Å². The number of hydrogen-bond donors (Lipinski definition) is 3. The van der Waals surface area contributed by atoms with Gasteiger partial charge in [0.2, 0.25) is 0 Å². The smallest absolute Gasteiger partial charge is 0.323 e. The molecule has 3 atom stereocenters. The first kappa shape index (κ1) is 13.0. The van der Waals surface area contributed by atoms with E-state index in [1.807, 2.05) is 0 Å². The van der Waals surface area contributed by atoms with Crippen molar-refractivity contribution in [3.05, 3.63) is 0 Å². The van der Waals surface area contributed by atoms with E-state index in [1.165, 1.54) is 11.8 Å². The summed E-state index contributed by atoms with van der Waals surface area (Å²) in [7, 11) is 1.71. The zero-order chi connectivity index (χ0) is 12.4. The van der Waals surface area contributed by atoms with Crippen molar-refractivity contribution in [3.8, 4) is 0 Å². The summed E-state index contributed by atoms with van der Waals surface area (Å²) in [6.45, 7) is 0.679. The van der Waals surface area contributed by atoms with Gasteiger partial charge in [-0.25, -0.2) is 0 Å². The number of thiol groups is 1. The van der Waals surface area contributed by atoms with E-state index in [1.54, 1.807) is 12.1 Å². The molecule has 2 heterocycles. The number of rotatable bonds is 3. The van der Waals surface area contributed by atoms with Crippen molar-refractivity contribution in [1.29, 1.82) is 0 Å². The van der Waals surface area contributed by atoms with Crippen LogP contribution in [0.2, 0.25) is 0 Å². The molecule has 0 aromatic rings. The third kappa shape index (κ3) is 3.27. The van der Waals surface area contributed by atoms with Gasteiger partial charge in [0.15, 0.2) is 0 Å². The van der Waals surface area contributed by atoms with Crippen molar-refractivity contribution >= 4 is 36.2 Å². The van der Waals surface area contributed by atoms with Gasteiger partial charge in [-0.2, -0.15) is 17.6 Å². The molecule has 2 N–H and O–H groups in total. The van der Waals surface area contributed by atoms with Gasteiger partial charge in [0.25, 0.3) is 0 Å². The van der Waals surface area contributed by atoms with Crippen LogP contribution < -0.4 is 10.7 Å². The zero-order valence-electron chi connectivity index (χ0n) is 9.38. The van der Waals surface area contributed by atoms with Gasteiger partial charge in [-0.05, 0) is 6.42 Å². The second-order valence-corrected chi connectivity index (χ2v) is 5.90. The quantitative estimate of drug-likeness (QED) is 0.465. The van der Waals surface area contributed by atoms with E-state index in [0.29, 0.717) is 11.9 Å². The average Bonchev–Trinajstić information content (AvgIpc) is 2.68. The van der Waals surface area contributed by atoms with E-state index < -0.39 is 11.8 Å². The van der Waals surface area contributed by atoms with E-state index in [9.17, 15) is 9.59 Å². The molecule has 6 nitrogen and oxygen atoms in total. The molecule has 2 aliphatic rings. The van der Waals surface area contributed by atoms with E-state index in [2.05, 4.69) is 23.4 Å². The largest absolute Gasteiger partial charge is 0.376 e. The lowest BCUT2D eigenvalue weighted by Crippen LogP contribution is -2.62. The fourth-order valence-corrected chi connectivity index (χ4v) is 3.12. The molecule has 0 spiro atoms. The first-order chi connectivity index (χ1) is 8.06. The van der Waals surface area contributed by atoms with Crippen molar-refractivity contribution in [1.82, 2.24) is 15.8 Å². The Labute approximate surface area is 109 Å². The highest BCUT2D eigenvalue weighted by molar-refractivity contribution is 7.99. The molecule has 0 bridgehead atoms. The maximum atomic E-state index is 11.2. The van der Waals surface area contributed by atoms with Crippen molar-refractivity contribution in [2.75, 3.05) is 19.4 Å². The summed E-state index contributed by atoms with van der Waals surface area (Å²) >= 11 is 5.87. The number of hydrazine groups is 1. The van der Waals surface area contributed by atoms with Crippen LogP contribution in [0.3, 0.4) is 0 Å². The molecule has 2 fully saturated rings. The Morgan fingerprint density at radius 2 is 2.29 bits per heavy atom. The molecule has 2 rings (SSSR count). The minimum absolute atomic E-state index is 0.172. The molecule has 2 saturated heterocycles. The van der Waals surface area contributed by atoms with E-state index in [-0.39, 0.29) is 11.6 Å². The summed E-state index contributed by atoms with van der Waals surface area (Å²) in [4.78, 5) is 22.2. The SMILES string of the molecule is CN1NC(=O)C(=O)NC1SC[C@H]1C[C@H](S)CO1. The van der Waals surface area contributed by atoms with Crippen LogP contribution in [0, 0.1) is 0 Å². The highest BCUT2D eigenvalue weighted by atomic mass is 32.2. The van der Waals surface area contributed by atoms with Gasteiger partial charge in [-0.1, -0.05) is 0 Å². The van der Waals surface area contributed by atoms with Crippen molar-refractivity contribution in [2.45, 2.75) is 23.3 Å². The third-order valence-electron chi connectivity index (χ3n) is 2.59. The van der Waals surface area contributed by atoms with Crippen LogP contribution in [0.4, 0.5) is 0 Å². The number of carbonyl (C=O) groups is 2. The van der Waals surface area contributed by atoms with Crippen LogP contribution in [0.25, 0.3) is 0 Å². The minimum atomic E-state index is -0.628. The predicted molar refractivity (Wildman–Crippen MR) is 67.4 cm³/mol. The summed E-state index contributed by atoms with van der Waals surface area (Å²) in [5.41, 5.74) is 2.22. The van der Waals surface area contributed by atoms with Gasteiger partial charge >= 0.3 is 11.8 Å². The highest BCUT2D eigenvalue weighted by Crippen LogP contribution is 2.23. The summed E-state index contributed by atoms with van der Waals surface area (Å²) in [6.07, 6.45) is 1.10. The maximum absolute atomic E-state index is 11.2. The lowest BCUT2D eigenvalue weighted by molar-refractivity contribution is -0.146. The lowest BCUT2D eigenvalue weighted by atomic mass is 10.3. The number of amides is 2. The van der Waals surface area contributed by atoms with Crippen LogP contribution in [-0.4, -0.2) is 53.1 Å². The molecule has 17 heavy (non-hydrogen) atoms. The molecule has 0 saturated carbocycles. The van der Waals surface area contributed by atoms with Crippen LogP contribution in [0.5, 0.6) is 0 Å². The Bertz CT molecular complexity index is 329. The number of hydrogen-bond acceptors (Lipinski definition) is 6. The van der Waals surface area contributed by atoms with Crippen LogP contribution in [0.15, 0.2) is 0 Å². The van der Waals surface area contributed by atoms with Crippen molar-refractivity contribution < 1.29 is 14.3 Å². The number of nitrogens with zero attached hydrogens (tertiary/aromatic N) is 1. The normalized spacial score (nSPS) is 34.6. The third-order valence-corrected chi connectivity index (χ3v) is 4.26. The standard InChI is InChI=1S/C9H15N3O3S2/c1-12-9(10-7(13)8(14)11-12)17-4-5-2-6(16)3-15-5/h5-6,9,16H,2-4H2,1H3,(H,10,13)(H,11,14)/t5-,6+,9?/m1/s1. The van der Waals surface area contributed by atoms with Gasteiger partial charge in [0.05, 0.1) is 12.7 Å². The van der Waals surface area contributed by atoms with Crippen molar-refractivity contribution in [2.24, 2.45) is 0 Å². The number of nitrogens with one attached hydrogen (secondary N) is 2. The second kappa shape index (κ2) is 5.47. The molecular formula is C9H15N3O3S2. The number of ether oxygens (including phenoxy) is 1. The molecule has 8 heteroatoms. The van der Waals surface area contributed by atoms with Gasteiger partial charge in [0, 0.05) is 18.1 Å². The molecule has 96 valence electrons. The fourth-order valence-electron chi connectivity index (χ4n) is 1.70. The highest BCUT2D eigenvalue weighted by Gasteiger charge is 2.31. The molecule has 0 aliphatic carbocycles. The Hall–Kier alpha value is -0.440. The van der Waals surface area contributed by atoms with E-state index >= 15 is 0 Å². The lowest BCUT2D eigenvalue weighted by Gasteiger charge is -2.32. The van der Waals surface area contributed by atoms with Gasteiger partial charge in [-0.15, -0.1) is 11.8 Å². The minimum Gasteiger partial charge on any atom is -0.376 e. The average molecular weight is 277 g/mol.